The summed E-state index contributed by atoms with van der Waals surface area (Å²) in [6.07, 6.45) is 22.6. The van der Waals surface area contributed by atoms with E-state index >= 15 is 0 Å². The second kappa shape index (κ2) is 17.1. The van der Waals surface area contributed by atoms with Crippen molar-refractivity contribution in [3.63, 3.8) is 0 Å². The Kier molecular flexibility index (Phi) is 13.6. The van der Waals surface area contributed by atoms with Crippen LogP contribution in [0.5, 0.6) is 0 Å². The maximum atomic E-state index is 11.4. The van der Waals surface area contributed by atoms with Gasteiger partial charge >= 0.3 is 11.9 Å². The Labute approximate surface area is 261 Å². The lowest BCUT2D eigenvalue weighted by atomic mass is 9.60. The predicted molar refractivity (Wildman–Crippen MR) is 170 cm³/mol. The van der Waals surface area contributed by atoms with Crippen molar-refractivity contribution >= 4 is 11.9 Å². The van der Waals surface area contributed by atoms with Gasteiger partial charge in [0.15, 0.2) is 0 Å². The van der Waals surface area contributed by atoms with E-state index in [4.69, 9.17) is 18.9 Å². The second-order valence-electron chi connectivity index (χ2n) is 14.9. The van der Waals surface area contributed by atoms with Crippen LogP contribution in [0.25, 0.3) is 0 Å². The van der Waals surface area contributed by atoms with Crippen molar-refractivity contribution in [3.05, 3.63) is 25.3 Å². The molecule has 4 fully saturated rings. The molecule has 0 aromatic rings. The standard InChI is InChI=1S/C37H60O6/c1-5-35(38)42-24-28-12-10-27(11-13-28)23-40-33-18-14-31(15-19-33)37(3,4)32-16-20-34(21-17-32)41-25-29-8-7-9-30(22-29)26-43-36(39)6-2/h5-6,27-34H,1-2,7-26H2,3-4H3. The van der Waals surface area contributed by atoms with Gasteiger partial charge in [-0.05, 0) is 137 Å². The lowest BCUT2D eigenvalue weighted by Crippen LogP contribution is -2.39. The van der Waals surface area contributed by atoms with E-state index < -0.39 is 0 Å². The topological polar surface area (TPSA) is 71.1 Å². The molecule has 2 atom stereocenters. The third-order valence-electron chi connectivity index (χ3n) is 11.7. The molecule has 4 aliphatic carbocycles. The summed E-state index contributed by atoms with van der Waals surface area (Å²) in [6.45, 7) is 14.9. The average molecular weight is 601 g/mol. The van der Waals surface area contributed by atoms with Gasteiger partial charge in [0.1, 0.15) is 0 Å². The van der Waals surface area contributed by atoms with Crippen LogP contribution in [0.3, 0.4) is 0 Å². The molecule has 0 aromatic heterocycles. The van der Waals surface area contributed by atoms with Crippen LogP contribution < -0.4 is 0 Å². The maximum absolute atomic E-state index is 11.4. The summed E-state index contributed by atoms with van der Waals surface area (Å²) in [7, 11) is 0. The summed E-state index contributed by atoms with van der Waals surface area (Å²) in [6, 6.07) is 0. The average Bonchev–Trinajstić information content (AvgIpc) is 3.05. The van der Waals surface area contributed by atoms with E-state index in [9.17, 15) is 9.59 Å². The van der Waals surface area contributed by atoms with Crippen LogP contribution in [-0.4, -0.2) is 50.6 Å². The fourth-order valence-electron chi connectivity index (χ4n) is 8.61. The molecule has 0 saturated heterocycles. The molecule has 4 aliphatic rings. The van der Waals surface area contributed by atoms with Crippen LogP contribution in [0.2, 0.25) is 0 Å². The van der Waals surface area contributed by atoms with Crippen LogP contribution in [0.15, 0.2) is 25.3 Å². The molecule has 0 radical (unpaired) electrons. The molecular formula is C37H60O6. The van der Waals surface area contributed by atoms with Gasteiger partial charge in [0, 0.05) is 25.4 Å². The molecule has 0 heterocycles. The molecule has 4 rings (SSSR count). The minimum atomic E-state index is -0.309. The zero-order chi connectivity index (χ0) is 30.7. The summed E-state index contributed by atoms with van der Waals surface area (Å²) in [5.74, 6) is 3.16. The van der Waals surface area contributed by atoms with E-state index in [1.54, 1.807) is 0 Å². The van der Waals surface area contributed by atoms with E-state index in [0.717, 1.165) is 50.7 Å². The zero-order valence-electron chi connectivity index (χ0n) is 27.3. The first-order chi connectivity index (χ1) is 20.8. The van der Waals surface area contributed by atoms with Gasteiger partial charge in [0.2, 0.25) is 0 Å². The third-order valence-corrected chi connectivity index (χ3v) is 11.7. The first kappa shape index (κ1) is 34.2. The number of rotatable bonds is 14. The van der Waals surface area contributed by atoms with E-state index in [1.807, 2.05) is 0 Å². The predicted octanol–water partition coefficient (Wildman–Crippen LogP) is 8.23. The molecule has 0 bridgehead atoms. The van der Waals surface area contributed by atoms with Crippen molar-refractivity contribution < 1.29 is 28.5 Å². The second-order valence-corrected chi connectivity index (χ2v) is 14.9. The Bertz CT molecular complexity index is 874. The number of esters is 2. The fraction of sp³-hybridized carbons (Fsp3) is 0.838. The third kappa shape index (κ3) is 10.7. The van der Waals surface area contributed by atoms with Crippen LogP contribution >= 0.6 is 0 Å². The lowest BCUT2D eigenvalue weighted by Gasteiger charge is -2.47. The summed E-state index contributed by atoms with van der Waals surface area (Å²) < 4.78 is 23.5. The van der Waals surface area contributed by atoms with Gasteiger partial charge in [-0.3, -0.25) is 0 Å². The highest BCUT2D eigenvalue weighted by molar-refractivity contribution is 5.81. The Morgan fingerprint density at radius 2 is 0.977 bits per heavy atom. The first-order valence-electron chi connectivity index (χ1n) is 17.6. The summed E-state index contributed by atoms with van der Waals surface area (Å²) in [4.78, 5) is 22.7. The molecule has 0 amide bonds. The van der Waals surface area contributed by atoms with E-state index in [-0.39, 0.29) is 11.9 Å². The first-order valence-corrected chi connectivity index (χ1v) is 17.6. The van der Waals surface area contributed by atoms with Crippen molar-refractivity contribution in [2.24, 2.45) is 40.9 Å². The number of carbonyl (C=O) groups is 2. The normalized spacial score (nSPS) is 33.7. The Morgan fingerprint density at radius 3 is 1.44 bits per heavy atom. The molecule has 0 aromatic carbocycles. The highest BCUT2D eigenvalue weighted by Crippen LogP contribution is 2.49. The molecular weight excluding hydrogens is 540 g/mol. The number of hydrogen-bond donors (Lipinski definition) is 0. The summed E-state index contributed by atoms with van der Waals surface area (Å²) in [5, 5.41) is 0. The van der Waals surface area contributed by atoms with Gasteiger partial charge in [-0.25, -0.2) is 9.59 Å². The highest BCUT2D eigenvalue weighted by Gasteiger charge is 2.41. The highest BCUT2D eigenvalue weighted by atomic mass is 16.5. The molecule has 2 unspecified atom stereocenters. The van der Waals surface area contributed by atoms with Gasteiger partial charge in [-0.1, -0.05) is 33.4 Å². The van der Waals surface area contributed by atoms with Crippen molar-refractivity contribution in [3.8, 4) is 0 Å². The minimum absolute atomic E-state index is 0.307. The largest absolute Gasteiger partial charge is 0.462 e. The summed E-state index contributed by atoms with van der Waals surface area (Å²) in [5.41, 5.74) is 0.378. The molecule has 6 nitrogen and oxygen atoms in total. The van der Waals surface area contributed by atoms with Crippen molar-refractivity contribution in [2.75, 3.05) is 26.4 Å². The van der Waals surface area contributed by atoms with Crippen LogP contribution in [-0.2, 0) is 28.5 Å². The van der Waals surface area contributed by atoms with Gasteiger partial charge in [0.05, 0.1) is 25.4 Å². The minimum Gasteiger partial charge on any atom is -0.462 e. The van der Waals surface area contributed by atoms with Crippen molar-refractivity contribution in [1.29, 1.82) is 0 Å². The van der Waals surface area contributed by atoms with Gasteiger partial charge < -0.3 is 18.9 Å². The smallest absolute Gasteiger partial charge is 0.330 e. The van der Waals surface area contributed by atoms with Gasteiger partial charge in [-0.2, -0.15) is 0 Å². The van der Waals surface area contributed by atoms with E-state index in [0.29, 0.717) is 54.5 Å². The molecule has 0 aliphatic heterocycles. The van der Waals surface area contributed by atoms with E-state index in [2.05, 4.69) is 27.0 Å². The summed E-state index contributed by atoms with van der Waals surface area (Å²) >= 11 is 0. The molecule has 6 heteroatoms. The number of hydrogen-bond acceptors (Lipinski definition) is 6. The Morgan fingerprint density at radius 1 is 0.581 bits per heavy atom. The monoisotopic (exact) mass is 600 g/mol. The van der Waals surface area contributed by atoms with Crippen LogP contribution in [0.1, 0.15) is 117 Å². The molecule has 0 N–H and O–H groups in total. The molecule has 43 heavy (non-hydrogen) atoms. The Balaban J connectivity index is 1.08. The molecule has 4 saturated carbocycles. The Hall–Kier alpha value is -1.66. The quantitative estimate of drug-likeness (QED) is 0.148. The van der Waals surface area contributed by atoms with Crippen LogP contribution in [0.4, 0.5) is 0 Å². The molecule has 244 valence electrons. The maximum Gasteiger partial charge on any atom is 0.330 e. The van der Waals surface area contributed by atoms with E-state index in [1.165, 1.54) is 89.2 Å². The lowest BCUT2D eigenvalue weighted by molar-refractivity contribution is -0.140. The van der Waals surface area contributed by atoms with Crippen molar-refractivity contribution in [2.45, 2.75) is 129 Å². The number of carbonyl (C=O) groups excluding carboxylic acids is 2. The van der Waals surface area contributed by atoms with Gasteiger partial charge in [-0.15, -0.1) is 0 Å². The van der Waals surface area contributed by atoms with Crippen LogP contribution in [0, 0.1) is 40.9 Å². The number of ether oxygens (including phenoxy) is 4. The molecule has 0 spiro atoms. The fourth-order valence-corrected chi connectivity index (χ4v) is 8.61. The SMILES string of the molecule is C=CC(=O)OCC1CCC(COC2CCC(C(C)(C)C3CCC(OCC4CCCC(COC(=O)C=C)C4)CC3)CC2)CC1. The van der Waals surface area contributed by atoms with Crippen molar-refractivity contribution in [1.82, 2.24) is 0 Å². The zero-order valence-corrected chi connectivity index (χ0v) is 27.3. The van der Waals surface area contributed by atoms with Gasteiger partial charge in [0.25, 0.3) is 0 Å².